The maximum atomic E-state index is 3.92. The molecule has 3 heterocycles. The molecule has 4 heteroatoms. The lowest BCUT2D eigenvalue weighted by Crippen LogP contribution is -2.48. The van der Waals surface area contributed by atoms with Gasteiger partial charge in [0.25, 0.3) is 0 Å². The number of likely N-dealkylation sites (tertiary alicyclic amines) is 1. The van der Waals surface area contributed by atoms with Crippen molar-refractivity contribution >= 4 is 0 Å². The Hall–Kier alpha value is -0.160. The molecule has 0 spiro atoms. The van der Waals surface area contributed by atoms with Crippen molar-refractivity contribution in [2.75, 3.05) is 13.1 Å². The average molecular weight is 323 g/mol. The van der Waals surface area contributed by atoms with E-state index in [1.54, 1.807) is 0 Å². The molecule has 0 amide bonds. The fourth-order valence-electron chi connectivity index (χ4n) is 5.21. The minimum atomic E-state index is 0.595. The van der Waals surface area contributed by atoms with Gasteiger partial charge in [-0.05, 0) is 58.9 Å². The molecule has 3 fully saturated rings. The molecule has 6 unspecified atom stereocenters. The van der Waals surface area contributed by atoms with Gasteiger partial charge in [-0.3, -0.25) is 4.90 Å². The summed E-state index contributed by atoms with van der Waals surface area (Å²) < 4.78 is 0. The Labute approximate surface area is 143 Å². The van der Waals surface area contributed by atoms with Gasteiger partial charge in [0.1, 0.15) is 0 Å². The molecule has 0 aromatic carbocycles. The van der Waals surface area contributed by atoms with Crippen molar-refractivity contribution < 1.29 is 0 Å². The zero-order valence-electron chi connectivity index (χ0n) is 15.8. The zero-order chi connectivity index (χ0) is 16.6. The molecule has 0 aliphatic carbocycles. The fraction of sp³-hybridized carbons (Fsp3) is 1.00. The van der Waals surface area contributed by atoms with Crippen LogP contribution in [0.4, 0.5) is 0 Å². The topological polar surface area (TPSA) is 39.3 Å². The van der Waals surface area contributed by atoms with Gasteiger partial charge >= 0.3 is 0 Å². The summed E-state index contributed by atoms with van der Waals surface area (Å²) in [4.78, 5) is 2.60. The van der Waals surface area contributed by atoms with Crippen molar-refractivity contribution in [3.8, 4) is 0 Å². The molecule has 4 nitrogen and oxygen atoms in total. The number of hydrogen-bond acceptors (Lipinski definition) is 4. The number of nitrogens with zero attached hydrogens (tertiary/aromatic N) is 1. The molecule has 3 aliphatic rings. The number of nitrogens with one attached hydrogen (secondary N) is 3. The van der Waals surface area contributed by atoms with Crippen molar-refractivity contribution in [1.82, 2.24) is 20.9 Å². The van der Waals surface area contributed by atoms with Gasteiger partial charge in [0.2, 0.25) is 0 Å². The molecule has 0 saturated carbocycles. The van der Waals surface area contributed by atoms with E-state index in [1.165, 1.54) is 38.8 Å². The molecule has 3 saturated heterocycles. The molecule has 3 N–H and O–H groups in total. The summed E-state index contributed by atoms with van der Waals surface area (Å²) in [5.74, 6) is 0.843. The predicted molar refractivity (Wildman–Crippen MR) is 97.8 cm³/mol. The molecule has 0 radical (unpaired) electrons. The lowest BCUT2D eigenvalue weighted by molar-refractivity contribution is 0.253. The van der Waals surface area contributed by atoms with E-state index in [-0.39, 0.29) is 0 Å². The Bertz CT molecular complexity index is 384. The van der Waals surface area contributed by atoms with E-state index in [0.717, 1.165) is 12.0 Å². The molecular weight excluding hydrogens is 284 g/mol. The van der Waals surface area contributed by atoms with E-state index in [2.05, 4.69) is 55.5 Å². The smallest absolute Gasteiger partial charge is 0.0253 e. The van der Waals surface area contributed by atoms with Crippen molar-refractivity contribution in [3.63, 3.8) is 0 Å². The summed E-state index contributed by atoms with van der Waals surface area (Å²) in [7, 11) is 0. The molecule has 134 valence electrons. The van der Waals surface area contributed by atoms with Crippen LogP contribution in [-0.2, 0) is 0 Å². The second-order valence-electron chi connectivity index (χ2n) is 8.93. The first-order valence-corrected chi connectivity index (χ1v) is 9.94. The Kier molecular flexibility index (Phi) is 5.67. The second-order valence-corrected chi connectivity index (χ2v) is 8.93. The molecule has 0 aromatic rings. The SMILES string of the molecule is CC(C)NC1CC2CC(CC(C)NC3CCN(C(C)C)C3)C1N2. The summed E-state index contributed by atoms with van der Waals surface area (Å²) in [5, 5.41) is 11.5. The molecule has 3 aliphatic heterocycles. The Morgan fingerprint density at radius 2 is 1.87 bits per heavy atom. The second kappa shape index (κ2) is 7.38. The maximum absolute atomic E-state index is 3.92. The number of rotatable bonds is 7. The molecule has 6 atom stereocenters. The third-order valence-electron chi connectivity index (χ3n) is 6.17. The molecule has 0 aromatic heterocycles. The van der Waals surface area contributed by atoms with E-state index in [0.29, 0.717) is 36.3 Å². The van der Waals surface area contributed by atoms with Gasteiger partial charge < -0.3 is 16.0 Å². The van der Waals surface area contributed by atoms with E-state index >= 15 is 0 Å². The van der Waals surface area contributed by atoms with Crippen molar-refractivity contribution in [2.45, 2.75) is 103 Å². The first-order chi connectivity index (χ1) is 10.9. The molecular formula is C19H38N4. The lowest BCUT2D eigenvalue weighted by Gasteiger charge is -2.32. The van der Waals surface area contributed by atoms with Gasteiger partial charge in [0.05, 0.1) is 0 Å². The number of hydrogen-bond donors (Lipinski definition) is 3. The summed E-state index contributed by atoms with van der Waals surface area (Å²) in [6.45, 7) is 14.1. The van der Waals surface area contributed by atoms with E-state index in [9.17, 15) is 0 Å². The van der Waals surface area contributed by atoms with Gasteiger partial charge in [0, 0.05) is 48.8 Å². The van der Waals surface area contributed by atoms with Crippen LogP contribution in [0.2, 0.25) is 0 Å². The zero-order valence-corrected chi connectivity index (χ0v) is 15.8. The van der Waals surface area contributed by atoms with Crippen LogP contribution in [0, 0.1) is 5.92 Å². The van der Waals surface area contributed by atoms with E-state index < -0.39 is 0 Å². The molecule has 2 bridgehead atoms. The minimum Gasteiger partial charge on any atom is -0.310 e. The van der Waals surface area contributed by atoms with Gasteiger partial charge in [-0.1, -0.05) is 13.8 Å². The van der Waals surface area contributed by atoms with Crippen molar-refractivity contribution in [3.05, 3.63) is 0 Å². The lowest BCUT2D eigenvalue weighted by atomic mass is 9.81. The van der Waals surface area contributed by atoms with Gasteiger partial charge in [-0.15, -0.1) is 0 Å². The van der Waals surface area contributed by atoms with Crippen LogP contribution in [0.25, 0.3) is 0 Å². The third-order valence-corrected chi connectivity index (χ3v) is 6.17. The van der Waals surface area contributed by atoms with Crippen LogP contribution in [0.1, 0.15) is 60.3 Å². The summed E-state index contributed by atoms with van der Waals surface area (Å²) in [6, 6.07) is 4.77. The summed E-state index contributed by atoms with van der Waals surface area (Å²) in [5.41, 5.74) is 0. The average Bonchev–Trinajstić information content (AvgIpc) is 3.12. The molecule has 3 rings (SSSR count). The normalized spacial score (nSPS) is 39.0. The van der Waals surface area contributed by atoms with E-state index in [1.807, 2.05) is 0 Å². The maximum Gasteiger partial charge on any atom is 0.0253 e. The number of fused-ring (bicyclic) bond motifs is 2. The van der Waals surface area contributed by atoms with E-state index in [4.69, 9.17) is 0 Å². The summed E-state index contributed by atoms with van der Waals surface area (Å²) >= 11 is 0. The first kappa shape index (κ1) is 17.7. The largest absolute Gasteiger partial charge is 0.310 e. The van der Waals surface area contributed by atoms with Gasteiger partial charge in [-0.25, -0.2) is 0 Å². The Morgan fingerprint density at radius 3 is 2.48 bits per heavy atom. The monoisotopic (exact) mass is 322 g/mol. The van der Waals surface area contributed by atoms with Crippen LogP contribution in [0.15, 0.2) is 0 Å². The van der Waals surface area contributed by atoms with Crippen molar-refractivity contribution in [2.24, 2.45) is 5.92 Å². The first-order valence-electron chi connectivity index (χ1n) is 9.94. The van der Waals surface area contributed by atoms with Crippen LogP contribution >= 0.6 is 0 Å². The highest BCUT2D eigenvalue weighted by Gasteiger charge is 2.46. The van der Waals surface area contributed by atoms with Crippen LogP contribution in [-0.4, -0.2) is 60.3 Å². The van der Waals surface area contributed by atoms with Crippen LogP contribution in [0.3, 0.4) is 0 Å². The van der Waals surface area contributed by atoms with Crippen molar-refractivity contribution in [1.29, 1.82) is 0 Å². The predicted octanol–water partition coefficient (Wildman–Crippen LogP) is 1.95. The highest BCUT2D eigenvalue weighted by Crippen LogP contribution is 2.36. The van der Waals surface area contributed by atoms with Crippen LogP contribution < -0.4 is 16.0 Å². The van der Waals surface area contributed by atoms with Gasteiger partial charge in [-0.2, -0.15) is 0 Å². The Morgan fingerprint density at radius 1 is 1.09 bits per heavy atom. The third kappa shape index (κ3) is 4.28. The van der Waals surface area contributed by atoms with Gasteiger partial charge in [0.15, 0.2) is 0 Å². The Balaban J connectivity index is 1.44. The minimum absolute atomic E-state index is 0.595. The highest BCUT2D eigenvalue weighted by molar-refractivity contribution is 5.06. The standard InChI is InChI=1S/C19H38N4/c1-12(2)20-18-10-17-9-15(19(18)22-17)8-14(5)21-16-6-7-23(11-16)13(3)4/h12-22H,6-11H2,1-5H3. The molecule has 23 heavy (non-hydrogen) atoms. The quantitative estimate of drug-likeness (QED) is 0.670. The fourth-order valence-corrected chi connectivity index (χ4v) is 5.21. The summed E-state index contributed by atoms with van der Waals surface area (Å²) in [6.07, 6.45) is 5.35. The highest BCUT2D eigenvalue weighted by atomic mass is 15.2. The van der Waals surface area contributed by atoms with Crippen LogP contribution in [0.5, 0.6) is 0 Å².